The number of hydrogen-bond donors (Lipinski definition) is 1. The fraction of sp³-hybridized carbons (Fsp3) is 0.955. The van der Waals surface area contributed by atoms with Crippen molar-refractivity contribution in [2.75, 3.05) is 0 Å². The number of hydrogen-bond acceptors (Lipinski definition) is 3. The molecule has 0 amide bonds. The lowest BCUT2D eigenvalue weighted by Gasteiger charge is -2.45. The van der Waals surface area contributed by atoms with E-state index in [-0.39, 0.29) is 28.7 Å². The van der Waals surface area contributed by atoms with Crippen LogP contribution in [0.4, 0.5) is 0 Å². The van der Waals surface area contributed by atoms with Gasteiger partial charge in [0, 0.05) is 0 Å². The van der Waals surface area contributed by atoms with E-state index in [4.69, 9.17) is 8.85 Å². The number of rotatable bonds is 12. The average Bonchev–Trinajstić information content (AvgIpc) is 2.46. The highest BCUT2D eigenvalue weighted by atomic mass is 28.4. The minimum Gasteiger partial charge on any atom is -0.481 e. The predicted octanol–water partition coefficient (Wildman–Crippen LogP) is 7.21. The Balaban J connectivity index is 5.71. The minimum absolute atomic E-state index is 0.0135. The highest BCUT2D eigenvalue weighted by Crippen LogP contribution is 2.41. The van der Waals surface area contributed by atoms with E-state index in [9.17, 15) is 9.90 Å². The van der Waals surface area contributed by atoms with Crippen molar-refractivity contribution in [2.45, 2.75) is 135 Å². The molecule has 0 heterocycles. The van der Waals surface area contributed by atoms with Crippen LogP contribution in [0.1, 0.15) is 87.0 Å². The zero-order valence-electron chi connectivity index (χ0n) is 20.6. The van der Waals surface area contributed by atoms with Crippen LogP contribution in [-0.2, 0) is 13.6 Å². The van der Waals surface area contributed by atoms with Crippen LogP contribution in [0.15, 0.2) is 0 Å². The number of carboxylic acids is 1. The van der Waals surface area contributed by atoms with Gasteiger partial charge in [0.05, 0.1) is 18.6 Å². The van der Waals surface area contributed by atoms with Crippen molar-refractivity contribution in [2.24, 2.45) is 0 Å². The van der Waals surface area contributed by atoms with Crippen molar-refractivity contribution in [1.29, 1.82) is 0 Å². The molecule has 28 heavy (non-hydrogen) atoms. The quantitative estimate of drug-likeness (QED) is 0.261. The summed E-state index contributed by atoms with van der Waals surface area (Å²) in [5, 5.41) is 9.71. The molecule has 0 aromatic heterocycles. The standard InChI is InChI=1S/C22H48O4Si2/c1-12-13-14-15-16-18(25-27(8,9)21(2,3)4)19(17-20(23)24)26-28(10,11)22(5,6)7/h18-19H,12-17H2,1-11H3,(H,23,24)/t18-,19-/m1/s1. The molecule has 0 bridgehead atoms. The number of carboxylic acid groups (broad SMARTS) is 1. The van der Waals surface area contributed by atoms with Gasteiger partial charge in [-0.1, -0.05) is 74.1 Å². The van der Waals surface area contributed by atoms with Gasteiger partial charge in [-0.05, 0) is 42.7 Å². The topological polar surface area (TPSA) is 55.8 Å². The fourth-order valence-electron chi connectivity index (χ4n) is 2.62. The molecule has 0 aliphatic carbocycles. The van der Waals surface area contributed by atoms with Crippen molar-refractivity contribution >= 4 is 22.6 Å². The Morgan fingerprint density at radius 2 is 1.25 bits per heavy atom. The van der Waals surface area contributed by atoms with Crippen LogP contribution in [0.5, 0.6) is 0 Å². The van der Waals surface area contributed by atoms with E-state index < -0.39 is 22.6 Å². The monoisotopic (exact) mass is 432 g/mol. The summed E-state index contributed by atoms with van der Waals surface area (Å²) >= 11 is 0. The van der Waals surface area contributed by atoms with E-state index in [0.29, 0.717) is 0 Å². The lowest BCUT2D eigenvalue weighted by molar-refractivity contribution is -0.140. The maximum Gasteiger partial charge on any atom is 0.306 e. The average molecular weight is 433 g/mol. The molecule has 168 valence electrons. The van der Waals surface area contributed by atoms with Gasteiger partial charge in [0.2, 0.25) is 0 Å². The second kappa shape index (κ2) is 10.7. The molecule has 0 aliphatic rings. The molecule has 0 aromatic carbocycles. The van der Waals surface area contributed by atoms with Crippen molar-refractivity contribution < 1.29 is 18.8 Å². The first kappa shape index (κ1) is 27.8. The Labute approximate surface area is 177 Å². The van der Waals surface area contributed by atoms with Crippen LogP contribution in [0.3, 0.4) is 0 Å². The third-order valence-electron chi connectivity index (χ3n) is 6.64. The molecule has 0 unspecified atom stereocenters. The third-order valence-corrected chi connectivity index (χ3v) is 15.6. The number of carbonyl (C=O) groups is 1. The van der Waals surface area contributed by atoms with E-state index in [1.54, 1.807) is 0 Å². The zero-order valence-corrected chi connectivity index (χ0v) is 22.6. The Morgan fingerprint density at radius 3 is 1.61 bits per heavy atom. The van der Waals surface area contributed by atoms with Gasteiger partial charge >= 0.3 is 5.97 Å². The summed E-state index contributed by atoms with van der Waals surface area (Å²) in [6.45, 7) is 24.4. The first-order valence-corrected chi connectivity index (χ1v) is 16.8. The van der Waals surface area contributed by atoms with Gasteiger partial charge in [0.25, 0.3) is 0 Å². The maximum absolute atomic E-state index is 11.7. The summed E-state index contributed by atoms with van der Waals surface area (Å²) in [6, 6.07) is 0. The van der Waals surface area contributed by atoms with Gasteiger partial charge in [0.15, 0.2) is 16.6 Å². The highest BCUT2D eigenvalue weighted by Gasteiger charge is 2.45. The molecule has 0 aliphatic heterocycles. The lowest BCUT2D eigenvalue weighted by Crippen LogP contribution is -2.52. The smallest absolute Gasteiger partial charge is 0.306 e. The summed E-state index contributed by atoms with van der Waals surface area (Å²) < 4.78 is 13.4. The fourth-order valence-corrected chi connectivity index (χ4v) is 5.35. The molecule has 1 N–H and O–H groups in total. The molecule has 0 aromatic rings. The largest absolute Gasteiger partial charge is 0.481 e. The van der Waals surface area contributed by atoms with Gasteiger partial charge in [-0.15, -0.1) is 0 Å². The number of unbranched alkanes of at least 4 members (excludes halogenated alkanes) is 3. The molecule has 0 saturated carbocycles. The second-order valence-electron chi connectivity index (χ2n) is 11.3. The minimum atomic E-state index is -2.10. The molecule has 0 rings (SSSR count). The Kier molecular flexibility index (Phi) is 10.7. The van der Waals surface area contributed by atoms with E-state index in [2.05, 4.69) is 74.7 Å². The van der Waals surface area contributed by atoms with E-state index in [0.717, 1.165) is 19.3 Å². The molecular formula is C22H48O4Si2. The van der Waals surface area contributed by atoms with E-state index >= 15 is 0 Å². The first-order chi connectivity index (χ1) is 12.4. The van der Waals surface area contributed by atoms with Gasteiger partial charge in [-0.25, -0.2) is 0 Å². The van der Waals surface area contributed by atoms with Crippen molar-refractivity contribution in [3.63, 3.8) is 0 Å². The molecule has 6 heteroatoms. The summed E-state index contributed by atoms with van der Waals surface area (Å²) in [7, 11) is -4.13. The summed E-state index contributed by atoms with van der Waals surface area (Å²) in [4.78, 5) is 11.7. The normalized spacial score (nSPS) is 16.1. The molecule has 0 radical (unpaired) electrons. The predicted molar refractivity (Wildman–Crippen MR) is 125 cm³/mol. The Morgan fingerprint density at radius 1 is 0.821 bits per heavy atom. The lowest BCUT2D eigenvalue weighted by atomic mass is 10.0. The maximum atomic E-state index is 11.7. The highest BCUT2D eigenvalue weighted by molar-refractivity contribution is 6.74. The third kappa shape index (κ3) is 9.10. The molecular weight excluding hydrogens is 384 g/mol. The van der Waals surface area contributed by atoms with Crippen LogP contribution in [0, 0.1) is 0 Å². The van der Waals surface area contributed by atoms with Crippen molar-refractivity contribution in [3.05, 3.63) is 0 Å². The molecule has 0 spiro atoms. The Bertz CT molecular complexity index is 476. The SMILES string of the molecule is CCCCCC[C@@H](O[Si](C)(C)C(C)(C)C)[C@@H](CC(=O)O)O[Si](C)(C)C(C)(C)C. The van der Waals surface area contributed by atoms with Crippen LogP contribution < -0.4 is 0 Å². The van der Waals surface area contributed by atoms with Crippen LogP contribution >= 0.6 is 0 Å². The van der Waals surface area contributed by atoms with Crippen LogP contribution in [-0.4, -0.2) is 39.9 Å². The first-order valence-electron chi connectivity index (χ1n) is 11.0. The van der Waals surface area contributed by atoms with Gasteiger partial charge in [0.1, 0.15) is 0 Å². The summed E-state index contributed by atoms with van der Waals surface area (Å²) in [5.74, 6) is -0.805. The van der Waals surface area contributed by atoms with Gasteiger partial charge in [-0.2, -0.15) is 0 Å². The van der Waals surface area contributed by atoms with Crippen molar-refractivity contribution in [3.8, 4) is 0 Å². The zero-order chi connectivity index (χ0) is 22.4. The Hall–Kier alpha value is -0.176. The van der Waals surface area contributed by atoms with Crippen LogP contribution in [0.25, 0.3) is 0 Å². The van der Waals surface area contributed by atoms with E-state index in [1.165, 1.54) is 12.8 Å². The molecule has 0 saturated heterocycles. The summed E-state index contributed by atoms with van der Waals surface area (Å²) in [6.07, 6.45) is 4.97. The molecule has 4 nitrogen and oxygen atoms in total. The van der Waals surface area contributed by atoms with Crippen LogP contribution in [0.2, 0.25) is 36.3 Å². The summed E-state index contributed by atoms with van der Waals surface area (Å²) in [5.41, 5.74) is 0. The van der Waals surface area contributed by atoms with E-state index in [1.807, 2.05) is 0 Å². The van der Waals surface area contributed by atoms with Gasteiger partial charge < -0.3 is 14.0 Å². The van der Waals surface area contributed by atoms with Crippen molar-refractivity contribution in [1.82, 2.24) is 0 Å². The van der Waals surface area contributed by atoms with Gasteiger partial charge in [-0.3, -0.25) is 4.79 Å². The second-order valence-corrected chi connectivity index (χ2v) is 20.8. The number of aliphatic carboxylic acids is 1. The molecule has 0 fully saturated rings. The molecule has 2 atom stereocenters.